The standard InChI is InChI=1S/C38H60N4O3/c1-2-3-4-5-6-7-11-14-20-25-37(44)42-35(31-33-22-17-16-18-23-33)38(45)40-28-21-15-12-9-8-10-13-19-24-36(43)41-32-34-26-29-39-30-27-34/h16-18,22-23,26-27,29-30,35H,2-15,19-21,24-25,28,31-32H2,1H3,(H,40,45)(H,41,43)(H,42,44)/t35-/m0/s1. The molecule has 2 aromatic rings. The smallest absolute Gasteiger partial charge is 0.242 e. The Kier molecular flexibility index (Phi) is 22.0. The van der Waals surface area contributed by atoms with Gasteiger partial charge >= 0.3 is 0 Å². The van der Waals surface area contributed by atoms with Crippen LogP contribution in [-0.4, -0.2) is 35.3 Å². The van der Waals surface area contributed by atoms with Gasteiger partial charge < -0.3 is 16.0 Å². The number of carbonyl (C=O) groups excluding carboxylic acids is 3. The molecule has 0 spiro atoms. The van der Waals surface area contributed by atoms with Crippen molar-refractivity contribution in [1.29, 1.82) is 0 Å². The first-order valence-electron chi connectivity index (χ1n) is 17.8. The Balaban J connectivity index is 1.52. The summed E-state index contributed by atoms with van der Waals surface area (Å²) >= 11 is 0. The second-order valence-corrected chi connectivity index (χ2v) is 12.4. The van der Waals surface area contributed by atoms with Crippen LogP contribution in [0.5, 0.6) is 0 Å². The van der Waals surface area contributed by atoms with Crippen LogP contribution in [0, 0.1) is 0 Å². The Morgan fingerprint density at radius 3 is 1.73 bits per heavy atom. The fourth-order valence-corrected chi connectivity index (χ4v) is 5.52. The van der Waals surface area contributed by atoms with Crippen LogP contribution in [0.2, 0.25) is 0 Å². The van der Waals surface area contributed by atoms with Crippen molar-refractivity contribution in [2.24, 2.45) is 0 Å². The van der Waals surface area contributed by atoms with Crippen molar-refractivity contribution < 1.29 is 14.4 Å². The molecule has 1 aromatic heterocycles. The number of nitrogens with zero attached hydrogens (tertiary/aromatic N) is 1. The Morgan fingerprint density at radius 1 is 0.600 bits per heavy atom. The summed E-state index contributed by atoms with van der Waals surface area (Å²) in [5.41, 5.74) is 2.11. The van der Waals surface area contributed by atoms with E-state index < -0.39 is 6.04 Å². The van der Waals surface area contributed by atoms with Crippen molar-refractivity contribution in [3.63, 3.8) is 0 Å². The number of pyridine rings is 1. The minimum absolute atomic E-state index is 0.0281. The van der Waals surface area contributed by atoms with Gasteiger partial charge in [0.2, 0.25) is 17.7 Å². The third-order valence-electron chi connectivity index (χ3n) is 8.31. The van der Waals surface area contributed by atoms with Gasteiger partial charge in [-0.2, -0.15) is 0 Å². The van der Waals surface area contributed by atoms with Crippen LogP contribution >= 0.6 is 0 Å². The Labute approximate surface area is 273 Å². The number of aromatic nitrogens is 1. The van der Waals surface area contributed by atoms with Gasteiger partial charge in [0.1, 0.15) is 6.04 Å². The van der Waals surface area contributed by atoms with E-state index in [1.807, 2.05) is 42.5 Å². The molecule has 7 nitrogen and oxygen atoms in total. The fourth-order valence-electron chi connectivity index (χ4n) is 5.52. The third kappa shape index (κ3) is 20.4. The zero-order chi connectivity index (χ0) is 32.2. The minimum atomic E-state index is -0.545. The Morgan fingerprint density at radius 2 is 1.13 bits per heavy atom. The largest absolute Gasteiger partial charge is 0.354 e. The number of hydrogen-bond donors (Lipinski definition) is 3. The van der Waals surface area contributed by atoms with Crippen LogP contribution in [0.25, 0.3) is 0 Å². The number of hydrogen-bond acceptors (Lipinski definition) is 4. The molecule has 0 saturated carbocycles. The molecule has 3 amide bonds. The van der Waals surface area contributed by atoms with E-state index in [-0.39, 0.29) is 17.7 Å². The molecule has 0 radical (unpaired) electrons. The molecule has 1 aromatic carbocycles. The highest BCUT2D eigenvalue weighted by atomic mass is 16.2. The van der Waals surface area contributed by atoms with E-state index >= 15 is 0 Å². The maximum atomic E-state index is 13.0. The molecular weight excluding hydrogens is 560 g/mol. The van der Waals surface area contributed by atoms with Gasteiger partial charge in [-0.1, -0.05) is 127 Å². The van der Waals surface area contributed by atoms with Crippen LogP contribution in [0.4, 0.5) is 0 Å². The lowest BCUT2D eigenvalue weighted by molar-refractivity contribution is -0.129. The molecule has 0 aliphatic heterocycles. The van der Waals surface area contributed by atoms with Crippen molar-refractivity contribution in [2.75, 3.05) is 6.54 Å². The van der Waals surface area contributed by atoms with Crippen molar-refractivity contribution in [3.05, 3.63) is 66.0 Å². The summed E-state index contributed by atoms with van der Waals surface area (Å²) in [6.45, 7) is 3.43. The first kappa shape index (κ1) is 38.0. The molecule has 0 aliphatic rings. The van der Waals surface area contributed by atoms with E-state index in [4.69, 9.17) is 0 Å². The first-order chi connectivity index (χ1) is 22.1. The van der Waals surface area contributed by atoms with Crippen LogP contribution < -0.4 is 16.0 Å². The molecule has 250 valence electrons. The van der Waals surface area contributed by atoms with E-state index in [2.05, 4.69) is 27.9 Å². The van der Waals surface area contributed by atoms with Crippen molar-refractivity contribution in [2.45, 2.75) is 148 Å². The highest BCUT2D eigenvalue weighted by Gasteiger charge is 2.20. The molecule has 0 bridgehead atoms. The molecule has 45 heavy (non-hydrogen) atoms. The maximum Gasteiger partial charge on any atom is 0.242 e. The van der Waals surface area contributed by atoms with E-state index in [0.29, 0.717) is 32.4 Å². The number of amides is 3. The number of unbranched alkanes of at least 4 members (excludes halogenated alkanes) is 15. The quantitative estimate of drug-likeness (QED) is 0.0882. The second-order valence-electron chi connectivity index (χ2n) is 12.4. The third-order valence-corrected chi connectivity index (χ3v) is 8.31. The summed E-state index contributed by atoms with van der Waals surface area (Å²) in [6, 6.07) is 13.2. The second kappa shape index (κ2) is 26.0. The lowest BCUT2D eigenvalue weighted by Gasteiger charge is -2.19. The highest BCUT2D eigenvalue weighted by Crippen LogP contribution is 2.12. The minimum Gasteiger partial charge on any atom is -0.354 e. The molecule has 0 aliphatic carbocycles. The van der Waals surface area contributed by atoms with Gasteiger partial charge in [-0.25, -0.2) is 0 Å². The van der Waals surface area contributed by atoms with Gasteiger partial charge in [0.25, 0.3) is 0 Å². The van der Waals surface area contributed by atoms with E-state index in [9.17, 15) is 14.4 Å². The number of benzene rings is 1. The van der Waals surface area contributed by atoms with Gasteiger partial charge in [0, 0.05) is 44.7 Å². The number of carbonyl (C=O) groups is 3. The normalized spacial score (nSPS) is 11.6. The van der Waals surface area contributed by atoms with Crippen LogP contribution in [-0.2, 0) is 27.3 Å². The topological polar surface area (TPSA) is 100 Å². The lowest BCUT2D eigenvalue weighted by Crippen LogP contribution is -2.48. The van der Waals surface area contributed by atoms with Crippen molar-refractivity contribution in [3.8, 4) is 0 Å². The fraction of sp³-hybridized carbons (Fsp3) is 0.632. The van der Waals surface area contributed by atoms with E-state index in [1.54, 1.807) is 12.4 Å². The molecule has 3 N–H and O–H groups in total. The Bertz CT molecular complexity index is 1030. The maximum absolute atomic E-state index is 13.0. The predicted octanol–water partition coefficient (Wildman–Crippen LogP) is 7.97. The van der Waals surface area contributed by atoms with Gasteiger partial charge in [-0.3, -0.25) is 19.4 Å². The van der Waals surface area contributed by atoms with Gasteiger partial charge in [0.05, 0.1) is 0 Å². The van der Waals surface area contributed by atoms with Gasteiger partial charge in [0.15, 0.2) is 0 Å². The highest BCUT2D eigenvalue weighted by molar-refractivity contribution is 5.87. The molecule has 1 atom stereocenters. The molecule has 0 saturated heterocycles. The van der Waals surface area contributed by atoms with Crippen LogP contribution in [0.15, 0.2) is 54.9 Å². The number of rotatable bonds is 27. The average Bonchev–Trinajstić information content (AvgIpc) is 3.06. The predicted molar refractivity (Wildman–Crippen MR) is 185 cm³/mol. The summed E-state index contributed by atoms with van der Waals surface area (Å²) in [5, 5.41) is 9.06. The first-order valence-corrected chi connectivity index (χ1v) is 17.8. The van der Waals surface area contributed by atoms with Crippen LogP contribution in [0.1, 0.15) is 140 Å². The summed E-state index contributed by atoms with van der Waals surface area (Å²) in [5.74, 6) is -0.0121. The van der Waals surface area contributed by atoms with Gasteiger partial charge in [-0.15, -0.1) is 0 Å². The summed E-state index contributed by atoms with van der Waals surface area (Å²) < 4.78 is 0. The van der Waals surface area contributed by atoms with E-state index in [0.717, 1.165) is 62.5 Å². The monoisotopic (exact) mass is 620 g/mol. The average molecular weight is 621 g/mol. The molecule has 0 unspecified atom stereocenters. The molecule has 1 heterocycles. The van der Waals surface area contributed by atoms with Crippen molar-refractivity contribution >= 4 is 17.7 Å². The zero-order valence-corrected chi connectivity index (χ0v) is 28.0. The summed E-state index contributed by atoms with van der Waals surface area (Å²) in [4.78, 5) is 41.8. The van der Waals surface area contributed by atoms with Crippen LogP contribution in [0.3, 0.4) is 0 Å². The summed E-state index contributed by atoms with van der Waals surface area (Å²) in [7, 11) is 0. The molecular formula is C38H60N4O3. The van der Waals surface area contributed by atoms with E-state index in [1.165, 1.54) is 57.8 Å². The summed E-state index contributed by atoms with van der Waals surface area (Å²) in [6.07, 6.45) is 24.6. The SMILES string of the molecule is CCCCCCCCCCCC(=O)N[C@@H](Cc1ccccc1)C(=O)NCCCCCCCCCCC(=O)NCc1ccncc1. The number of nitrogens with one attached hydrogen (secondary N) is 3. The van der Waals surface area contributed by atoms with Gasteiger partial charge in [-0.05, 0) is 42.5 Å². The molecule has 2 rings (SSSR count). The zero-order valence-electron chi connectivity index (χ0n) is 28.0. The molecule has 0 fully saturated rings. The Hall–Kier alpha value is -3.22. The molecule has 7 heteroatoms. The van der Waals surface area contributed by atoms with Crippen molar-refractivity contribution in [1.82, 2.24) is 20.9 Å². The lowest BCUT2D eigenvalue weighted by atomic mass is 10.0.